The molecular formula is C36H44O3S. The minimum Gasteiger partial charge on any atom is -0.488 e. The first-order valence-electron chi connectivity index (χ1n) is 14.1. The molecular weight excluding hydrogens is 512 g/mol. The summed E-state index contributed by atoms with van der Waals surface area (Å²) in [4.78, 5) is 0.692. The highest BCUT2D eigenvalue weighted by molar-refractivity contribution is 7.91. The molecule has 0 atom stereocenters. The Balaban J connectivity index is 0.000000222. The van der Waals surface area contributed by atoms with E-state index in [1.54, 1.807) is 24.3 Å². The van der Waals surface area contributed by atoms with Gasteiger partial charge in [-0.25, -0.2) is 8.42 Å². The van der Waals surface area contributed by atoms with Crippen LogP contribution in [0.4, 0.5) is 0 Å². The highest BCUT2D eigenvalue weighted by atomic mass is 32.2. The second-order valence-electron chi connectivity index (χ2n) is 11.7. The number of hydrogen-bond acceptors (Lipinski definition) is 3. The molecule has 0 bridgehead atoms. The second kappa shape index (κ2) is 12.9. The fraction of sp³-hybridized carbons (Fsp3) is 0.333. The zero-order valence-electron chi connectivity index (χ0n) is 25.3. The predicted molar refractivity (Wildman–Crippen MR) is 168 cm³/mol. The van der Waals surface area contributed by atoms with Crippen LogP contribution in [0.2, 0.25) is 0 Å². The molecule has 0 aliphatic carbocycles. The Morgan fingerprint density at radius 2 is 0.975 bits per heavy atom. The number of benzene rings is 4. The monoisotopic (exact) mass is 556 g/mol. The maximum absolute atomic E-state index is 12.6. The van der Waals surface area contributed by atoms with Gasteiger partial charge in [0.25, 0.3) is 0 Å². The topological polar surface area (TPSA) is 43.4 Å². The quantitative estimate of drug-likeness (QED) is 0.217. The van der Waals surface area contributed by atoms with Gasteiger partial charge in [0.15, 0.2) is 0 Å². The lowest BCUT2D eigenvalue weighted by atomic mass is 9.82. The SMILES string of the molecule is CCC(C)(C)Oc1ccc(-c2ccc(C)cc2)cc1.CCC(C)(C)c1ccc(S(=O)(=O)c2ccc(C)cc2)cc1. The average Bonchev–Trinajstić information content (AvgIpc) is 2.94. The third-order valence-electron chi connectivity index (χ3n) is 7.65. The van der Waals surface area contributed by atoms with Crippen LogP contribution in [0.25, 0.3) is 11.1 Å². The molecule has 0 saturated carbocycles. The molecule has 4 heteroatoms. The van der Waals surface area contributed by atoms with Crippen molar-refractivity contribution in [2.75, 3.05) is 0 Å². The molecule has 0 N–H and O–H groups in total. The van der Waals surface area contributed by atoms with Crippen LogP contribution >= 0.6 is 0 Å². The number of hydrogen-bond donors (Lipinski definition) is 0. The maximum Gasteiger partial charge on any atom is 0.206 e. The third-order valence-corrected chi connectivity index (χ3v) is 9.43. The molecule has 4 rings (SSSR count). The first-order valence-corrected chi connectivity index (χ1v) is 15.5. The van der Waals surface area contributed by atoms with E-state index in [1.807, 2.05) is 43.3 Å². The molecule has 4 aromatic rings. The van der Waals surface area contributed by atoms with Gasteiger partial charge in [0.1, 0.15) is 11.4 Å². The average molecular weight is 557 g/mol. The molecule has 0 fully saturated rings. The van der Waals surface area contributed by atoms with Crippen LogP contribution in [-0.4, -0.2) is 14.0 Å². The highest BCUT2D eigenvalue weighted by Gasteiger charge is 2.21. The van der Waals surface area contributed by atoms with Crippen LogP contribution < -0.4 is 4.74 Å². The number of aryl methyl sites for hydroxylation is 2. The molecule has 0 saturated heterocycles. The summed E-state index contributed by atoms with van der Waals surface area (Å²) in [6.45, 7) is 16.9. The van der Waals surface area contributed by atoms with Gasteiger partial charge < -0.3 is 4.74 Å². The minimum absolute atomic E-state index is 0.0617. The summed E-state index contributed by atoms with van der Waals surface area (Å²) in [7, 11) is -3.42. The predicted octanol–water partition coefficient (Wildman–Crippen LogP) is 9.74. The van der Waals surface area contributed by atoms with Crippen LogP contribution in [-0.2, 0) is 15.3 Å². The first-order chi connectivity index (χ1) is 18.8. The summed E-state index contributed by atoms with van der Waals surface area (Å²) in [6.07, 6.45) is 2.00. The number of rotatable bonds is 8. The van der Waals surface area contributed by atoms with Gasteiger partial charge in [-0.3, -0.25) is 0 Å². The van der Waals surface area contributed by atoms with Crippen LogP contribution in [0.5, 0.6) is 5.75 Å². The van der Waals surface area contributed by atoms with Gasteiger partial charge in [0.2, 0.25) is 9.84 Å². The molecule has 0 aliphatic heterocycles. The van der Waals surface area contributed by atoms with E-state index < -0.39 is 9.84 Å². The first kappa shape index (κ1) is 31.2. The van der Waals surface area contributed by atoms with Crippen LogP contribution in [0.15, 0.2) is 107 Å². The third kappa shape index (κ3) is 8.08. The smallest absolute Gasteiger partial charge is 0.206 e. The summed E-state index contributed by atoms with van der Waals surface area (Å²) in [6, 6.07) is 31.1. The molecule has 40 heavy (non-hydrogen) atoms. The van der Waals surface area contributed by atoms with Crippen molar-refractivity contribution in [2.45, 2.75) is 89.0 Å². The largest absolute Gasteiger partial charge is 0.488 e. The summed E-state index contributed by atoms with van der Waals surface area (Å²) >= 11 is 0. The summed E-state index contributed by atoms with van der Waals surface area (Å²) in [5.41, 5.74) is 5.92. The van der Waals surface area contributed by atoms with E-state index in [0.717, 1.165) is 29.7 Å². The molecule has 4 aromatic carbocycles. The Bertz CT molecular complexity index is 1460. The van der Waals surface area contributed by atoms with Crippen molar-refractivity contribution in [3.8, 4) is 16.9 Å². The van der Waals surface area contributed by atoms with Crippen molar-refractivity contribution in [2.24, 2.45) is 0 Å². The van der Waals surface area contributed by atoms with Crippen molar-refractivity contribution < 1.29 is 13.2 Å². The summed E-state index contributed by atoms with van der Waals surface area (Å²) < 4.78 is 31.1. The number of ether oxygens (including phenoxy) is 1. The van der Waals surface area contributed by atoms with Crippen LogP contribution in [0.3, 0.4) is 0 Å². The van der Waals surface area contributed by atoms with E-state index in [9.17, 15) is 8.42 Å². The zero-order chi connectivity index (χ0) is 29.6. The van der Waals surface area contributed by atoms with E-state index in [1.165, 1.54) is 16.7 Å². The van der Waals surface area contributed by atoms with Gasteiger partial charge in [-0.15, -0.1) is 0 Å². The molecule has 0 radical (unpaired) electrons. The molecule has 0 aromatic heterocycles. The lowest BCUT2D eigenvalue weighted by molar-refractivity contribution is 0.105. The van der Waals surface area contributed by atoms with Gasteiger partial charge in [0, 0.05) is 0 Å². The Kier molecular flexibility index (Phi) is 10.0. The van der Waals surface area contributed by atoms with Crippen LogP contribution in [0.1, 0.15) is 71.1 Å². The molecule has 212 valence electrons. The van der Waals surface area contributed by atoms with Crippen molar-refractivity contribution in [3.63, 3.8) is 0 Å². The van der Waals surface area contributed by atoms with Gasteiger partial charge >= 0.3 is 0 Å². The standard InChI is InChI=1S/C18H22O2S.C18H22O/c1-5-18(3,4)15-8-12-17(13-9-15)21(19,20)16-10-6-14(2)7-11-16;1-5-18(3,4)19-17-12-10-16(11-13-17)15-8-6-14(2)7-9-15/h6-13H,5H2,1-4H3;6-13H,5H2,1-4H3. The molecule has 0 aliphatic rings. The Labute approximate surface area is 242 Å². The van der Waals surface area contributed by atoms with Crippen molar-refractivity contribution in [1.29, 1.82) is 0 Å². The Morgan fingerprint density at radius 1 is 0.575 bits per heavy atom. The Morgan fingerprint density at radius 3 is 1.40 bits per heavy atom. The lowest BCUT2D eigenvalue weighted by Gasteiger charge is -2.24. The fourth-order valence-electron chi connectivity index (χ4n) is 4.00. The van der Waals surface area contributed by atoms with E-state index in [4.69, 9.17) is 4.74 Å². The summed E-state index contributed by atoms with van der Waals surface area (Å²) in [5.74, 6) is 0.933. The summed E-state index contributed by atoms with van der Waals surface area (Å²) in [5, 5.41) is 0. The van der Waals surface area contributed by atoms with Crippen molar-refractivity contribution >= 4 is 9.84 Å². The Hall–Kier alpha value is -3.37. The van der Waals surface area contributed by atoms with E-state index in [0.29, 0.717) is 9.79 Å². The van der Waals surface area contributed by atoms with Crippen molar-refractivity contribution in [3.05, 3.63) is 114 Å². The molecule has 0 spiro atoms. The van der Waals surface area contributed by atoms with E-state index in [-0.39, 0.29) is 11.0 Å². The van der Waals surface area contributed by atoms with Crippen molar-refractivity contribution in [1.82, 2.24) is 0 Å². The minimum atomic E-state index is -3.42. The normalized spacial score (nSPS) is 11.9. The molecule has 0 unspecified atom stereocenters. The molecule has 0 heterocycles. The fourth-order valence-corrected chi connectivity index (χ4v) is 5.26. The van der Waals surface area contributed by atoms with Gasteiger partial charge in [0.05, 0.1) is 9.79 Å². The second-order valence-corrected chi connectivity index (χ2v) is 13.6. The lowest BCUT2D eigenvalue weighted by Crippen LogP contribution is -2.26. The van der Waals surface area contributed by atoms with E-state index in [2.05, 4.69) is 84.9 Å². The zero-order valence-corrected chi connectivity index (χ0v) is 26.1. The van der Waals surface area contributed by atoms with Gasteiger partial charge in [-0.1, -0.05) is 99.5 Å². The van der Waals surface area contributed by atoms with Crippen LogP contribution in [0, 0.1) is 13.8 Å². The van der Waals surface area contributed by atoms with E-state index >= 15 is 0 Å². The van der Waals surface area contributed by atoms with Gasteiger partial charge in [-0.05, 0) is 99.0 Å². The molecule has 3 nitrogen and oxygen atoms in total. The maximum atomic E-state index is 12.6. The highest BCUT2D eigenvalue weighted by Crippen LogP contribution is 2.29. The number of sulfone groups is 1. The molecule has 0 amide bonds. The van der Waals surface area contributed by atoms with Gasteiger partial charge in [-0.2, -0.15) is 0 Å².